The molecular weight excluding hydrogens is 346 g/mol. The van der Waals surface area contributed by atoms with E-state index in [9.17, 15) is 4.79 Å². The van der Waals surface area contributed by atoms with Gasteiger partial charge in [0.05, 0.1) is 16.9 Å². The number of nitrogens with zero attached hydrogens (tertiary/aromatic N) is 2. The fourth-order valence-electron chi connectivity index (χ4n) is 3.50. The molecule has 0 spiro atoms. The second-order valence-electron chi connectivity index (χ2n) is 6.89. The summed E-state index contributed by atoms with van der Waals surface area (Å²) in [6.07, 6.45) is 1.38. The Morgan fingerprint density at radius 2 is 1.88 bits per heavy atom. The van der Waals surface area contributed by atoms with Crippen LogP contribution in [0.1, 0.15) is 35.0 Å². The van der Waals surface area contributed by atoms with Crippen LogP contribution in [0, 0.1) is 12.8 Å². The Bertz CT molecular complexity index is 978. The van der Waals surface area contributed by atoms with Gasteiger partial charge in [0.15, 0.2) is 11.6 Å². The number of carbonyl (C=O) groups is 1. The van der Waals surface area contributed by atoms with Gasteiger partial charge in [0.1, 0.15) is 0 Å². The van der Waals surface area contributed by atoms with Crippen LogP contribution in [0.5, 0.6) is 0 Å². The van der Waals surface area contributed by atoms with Crippen molar-refractivity contribution in [1.82, 2.24) is 9.78 Å². The van der Waals surface area contributed by atoms with Crippen LogP contribution < -0.4 is 5.32 Å². The van der Waals surface area contributed by atoms with Gasteiger partial charge in [0, 0.05) is 17.1 Å². The topological polar surface area (TPSA) is 46.9 Å². The number of nitrogens with one attached hydrogen (secondary N) is 1. The number of hydrogen-bond donors (Lipinski definition) is 1. The Morgan fingerprint density at radius 3 is 2.65 bits per heavy atom. The lowest BCUT2D eigenvalue weighted by Gasteiger charge is -2.19. The van der Waals surface area contributed by atoms with Gasteiger partial charge in [0.25, 0.3) is 0 Å². The Hall–Kier alpha value is -2.59. The smallest absolute Gasteiger partial charge is 0.168 e. The standard InChI is InChI=1S/C21H20ClN3O/c1-13-11-18-20(19(26)12-13)21(23-17-10-6-9-16(22)14(17)2)24-25(18)15-7-4-3-5-8-15/h3-10,13H,11-12H2,1-2H3,(H,23,24)/t13-/m1/s1. The molecule has 1 N–H and O–H groups in total. The van der Waals surface area contributed by atoms with Crippen LogP contribution >= 0.6 is 11.6 Å². The lowest BCUT2D eigenvalue weighted by molar-refractivity contribution is 0.0953. The summed E-state index contributed by atoms with van der Waals surface area (Å²) < 4.78 is 1.89. The van der Waals surface area contributed by atoms with Gasteiger partial charge in [0.2, 0.25) is 0 Å². The largest absolute Gasteiger partial charge is 0.338 e. The Labute approximate surface area is 157 Å². The van der Waals surface area contributed by atoms with Crippen LogP contribution in [0.3, 0.4) is 0 Å². The summed E-state index contributed by atoms with van der Waals surface area (Å²) >= 11 is 6.24. The number of rotatable bonds is 3. The van der Waals surface area contributed by atoms with Crippen LogP contribution in [0.2, 0.25) is 5.02 Å². The van der Waals surface area contributed by atoms with Gasteiger partial charge < -0.3 is 5.32 Å². The number of benzene rings is 2. The number of Topliss-reactive ketones (excluding diaryl/α,β-unsaturated/α-hetero) is 1. The number of aromatic nitrogens is 2. The maximum Gasteiger partial charge on any atom is 0.168 e. The summed E-state index contributed by atoms with van der Waals surface area (Å²) in [5.41, 5.74) is 4.44. The van der Waals surface area contributed by atoms with Crippen molar-refractivity contribution < 1.29 is 4.79 Å². The predicted octanol–water partition coefficient (Wildman–Crippen LogP) is 5.34. The zero-order valence-corrected chi connectivity index (χ0v) is 15.5. The van der Waals surface area contributed by atoms with Crippen LogP contribution in [0.25, 0.3) is 5.69 Å². The van der Waals surface area contributed by atoms with E-state index >= 15 is 0 Å². The van der Waals surface area contributed by atoms with Crippen molar-refractivity contribution in [2.75, 3.05) is 5.32 Å². The SMILES string of the molecule is Cc1c(Cl)cccc1Nc1nn(-c2ccccc2)c2c1C(=O)C[C@H](C)C2. The molecule has 5 heteroatoms. The minimum atomic E-state index is 0.142. The first-order valence-corrected chi connectivity index (χ1v) is 9.15. The molecule has 1 heterocycles. The Balaban J connectivity index is 1.85. The molecule has 26 heavy (non-hydrogen) atoms. The minimum Gasteiger partial charge on any atom is -0.338 e. The third-order valence-corrected chi connectivity index (χ3v) is 5.27. The van der Waals surface area contributed by atoms with Gasteiger partial charge in [-0.15, -0.1) is 5.10 Å². The maximum absolute atomic E-state index is 12.8. The molecule has 1 aromatic heterocycles. The van der Waals surface area contributed by atoms with Crippen LogP contribution in [-0.4, -0.2) is 15.6 Å². The zero-order valence-electron chi connectivity index (χ0n) is 14.8. The molecule has 0 amide bonds. The number of carbonyl (C=O) groups excluding carboxylic acids is 1. The van der Waals surface area contributed by atoms with E-state index in [0.29, 0.717) is 28.7 Å². The molecule has 1 atom stereocenters. The van der Waals surface area contributed by atoms with Crippen LogP contribution in [0.4, 0.5) is 11.5 Å². The number of anilines is 2. The molecule has 4 rings (SSSR count). The maximum atomic E-state index is 12.8. The highest BCUT2D eigenvalue weighted by Crippen LogP contribution is 2.35. The molecule has 0 aliphatic heterocycles. The van der Waals surface area contributed by atoms with Crippen molar-refractivity contribution in [2.24, 2.45) is 5.92 Å². The third kappa shape index (κ3) is 2.90. The number of fused-ring (bicyclic) bond motifs is 1. The first-order chi connectivity index (χ1) is 12.5. The summed E-state index contributed by atoms with van der Waals surface area (Å²) in [6, 6.07) is 15.6. The molecule has 0 saturated carbocycles. The number of halogens is 1. The first-order valence-electron chi connectivity index (χ1n) is 8.77. The number of ketones is 1. The average molecular weight is 366 g/mol. The van der Waals surface area contributed by atoms with E-state index in [1.807, 2.05) is 60.1 Å². The molecular formula is C21H20ClN3O. The number of hydrogen-bond acceptors (Lipinski definition) is 3. The molecule has 0 radical (unpaired) electrons. The van der Waals surface area contributed by atoms with Crippen LogP contribution in [-0.2, 0) is 6.42 Å². The van der Waals surface area contributed by atoms with Crippen molar-refractivity contribution in [1.29, 1.82) is 0 Å². The predicted molar refractivity (Wildman–Crippen MR) is 105 cm³/mol. The number of para-hydroxylation sites is 1. The third-order valence-electron chi connectivity index (χ3n) is 4.86. The van der Waals surface area contributed by atoms with E-state index in [-0.39, 0.29) is 5.78 Å². The van der Waals surface area contributed by atoms with E-state index in [1.54, 1.807) is 0 Å². The zero-order chi connectivity index (χ0) is 18.3. The van der Waals surface area contributed by atoms with Crippen molar-refractivity contribution in [3.05, 3.63) is 70.4 Å². The molecule has 3 aromatic rings. The molecule has 0 unspecified atom stereocenters. The quantitative estimate of drug-likeness (QED) is 0.681. The van der Waals surface area contributed by atoms with E-state index in [4.69, 9.17) is 16.7 Å². The highest BCUT2D eigenvalue weighted by atomic mass is 35.5. The highest BCUT2D eigenvalue weighted by Gasteiger charge is 2.31. The minimum absolute atomic E-state index is 0.142. The summed E-state index contributed by atoms with van der Waals surface area (Å²) in [4.78, 5) is 12.8. The molecule has 0 bridgehead atoms. The monoisotopic (exact) mass is 365 g/mol. The summed E-state index contributed by atoms with van der Waals surface area (Å²) in [5.74, 6) is 1.06. The highest BCUT2D eigenvalue weighted by molar-refractivity contribution is 6.31. The van der Waals surface area contributed by atoms with E-state index < -0.39 is 0 Å². The second kappa shape index (κ2) is 6.61. The van der Waals surface area contributed by atoms with E-state index in [0.717, 1.165) is 29.1 Å². The van der Waals surface area contributed by atoms with Crippen molar-refractivity contribution in [3.8, 4) is 5.69 Å². The van der Waals surface area contributed by atoms with Crippen molar-refractivity contribution >= 4 is 28.9 Å². The fourth-order valence-corrected chi connectivity index (χ4v) is 3.67. The Morgan fingerprint density at radius 1 is 1.12 bits per heavy atom. The van der Waals surface area contributed by atoms with Gasteiger partial charge in [-0.2, -0.15) is 0 Å². The lowest BCUT2D eigenvalue weighted by atomic mass is 9.87. The summed E-state index contributed by atoms with van der Waals surface area (Å²) in [5, 5.41) is 8.78. The van der Waals surface area contributed by atoms with Gasteiger partial charge >= 0.3 is 0 Å². The molecule has 4 nitrogen and oxygen atoms in total. The molecule has 1 aliphatic carbocycles. The fraction of sp³-hybridized carbons (Fsp3) is 0.238. The summed E-state index contributed by atoms with van der Waals surface area (Å²) in [6.45, 7) is 4.06. The normalized spacial score (nSPS) is 16.4. The van der Waals surface area contributed by atoms with E-state index in [2.05, 4.69) is 12.2 Å². The average Bonchev–Trinajstić information content (AvgIpc) is 2.98. The second-order valence-corrected chi connectivity index (χ2v) is 7.30. The first kappa shape index (κ1) is 16.9. The van der Waals surface area contributed by atoms with Gasteiger partial charge in [-0.05, 0) is 49.1 Å². The van der Waals surface area contributed by atoms with Gasteiger partial charge in [-0.3, -0.25) is 4.79 Å². The lowest BCUT2D eigenvalue weighted by Crippen LogP contribution is -2.19. The summed E-state index contributed by atoms with van der Waals surface area (Å²) in [7, 11) is 0. The van der Waals surface area contributed by atoms with Crippen LogP contribution in [0.15, 0.2) is 48.5 Å². The molecule has 0 fully saturated rings. The van der Waals surface area contributed by atoms with E-state index in [1.165, 1.54) is 0 Å². The molecule has 132 valence electrons. The molecule has 2 aromatic carbocycles. The van der Waals surface area contributed by atoms with Gasteiger partial charge in [-0.25, -0.2) is 4.68 Å². The Kier molecular flexibility index (Phi) is 4.29. The van der Waals surface area contributed by atoms with Crippen molar-refractivity contribution in [2.45, 2.75) is 26.7 Å². The molecule has 1 aliphatic rings. The molecule has 0 saturated heterocycles. The van der Waals surface area contributed by atoms with Crippen molar-refractivity contribution in [3.63, 3.8) is 0 Å². The van der Waals surface area contributed by atoms with Gasteiger partial charge in [-0.1, -0.05) is 42.8 Å².